The average Bonchev–Trinajstić information content (AvgIpc) is 2.67. The summed E-state index contributed by atoms with van der Waals surface area (Å²) in [6, 6.07) is 11.4. The van der Waals surface area contributed by atoms with Crippen molar-refractivity contribution in [2.24, 2.45) is 0 Å². The monoisotopic (exact) mass is 374 g/mol. The van der Waals surface area contributed by atoms with E-state index in [0.29, 0.717) is 12.2 Å². The summed E-state index contributed by atoms with van der Waals surface area (Å²) in [5.41, 5.74) is 1.35. The molecule has 0 saturated carbocycles. The van der Waals surface area contributed by atoms with Gasteiger partial charge in [0, 0.05) is 11.6 Å². The lowest BCUT2D eigenvalue weighted by atomic mass is 10.1. The number of carbonyl (C=O) groups excluding carboxylic acids is 1. The van der Waals surface area contributed by atoms with Crippen molar-refractivity contribution in [2.45, 2.75) is 19.5 Å². The van der Waals surface area contributed by atoms with Crippen LogP contribution in [0.1, 0.15) is 12.5 Å². The van der Waals surface area contributed by atoms with E-state index in [-0.39, 0.29) is 23.4 Å². The van der Waals surface area contributed by atoms with E-state index < -0.39 is 4.92 Å². The summed E-state index contributed by atoms with van der Waals surface area (Å²) in [5, 5.41) is 13.7. The van der Waals surface area contributed by atoms with Crippen molar-refractivity contribution < 1.29 is 24.1 Å². The van der Waals surface area contributed by atoms with Crippen LogP contribution < -0.4 is 19.7 Å². The molecule has 2 atom stereocenters. The molecule has 0 spiro atoms. The van der Waals surface area contributed by atoms with E-state index in [2.05, 4.69) is 5.32 Å². The Morgan fingerprint density at radius 2 is 1.96 bits per heavy atom. The Morgan fingerprint density at radius 1 is 1.22 bits per heavy atom. The topological polar surface area (TPSA) is 95.1 Å². The standard InChI is InChI=1S/C19H23N3O5/c1-13(21(2)12-14-6-5-7-16(10-14)26-3)19(23)20-17-9-8-15(22(24)25)11-18(17)27-4/h5-11,13H,12H2,1-4H3,(H,20,23)/p+1/t13-/m0/s1. The first-order valence-corrected chi connectivity index (χ1v) is 8.44. The Labute approximate surface area is 157 Å². The van der Waals surface area contributed by atoms with Crippen LogP contribution in [0.15, 0.2) is 42.5 Å². The zero-order valence-electron chi connectivity index (χ0n) is 15.8. The molecule has 2 aromatic carbocycles. The Hall–Kier alpha value is -3.13. The number of nitrogens with zero attached hydrogens (tertiary/aromatic N) is 1. The van der Waals surface area contributed by atoms with Gasteiger partial charge in [-0.1, -0.05) is 12.1 Å². The molecule has 2 aromatic rings. The number of nitro benzene ring substituents is 1. The normalized spacial score (nSPS) is 12.7. The predicted molar refractivity (Wildman–Crippen MR) is 101 cm³/mol. The van der Waals surface area contributed by atoms with Gasteiger partial charge < -0.3 is 19.7 Å². The second-order valence-corrected chi connectivity index (χ2v) is 6.23. The van der Waals surface area contributed by atoms with Gasteiger partial charge in [-0.2, -0.15) is 0 Å². The molecule has 27 heavy (non-hydrogen) atoms. The van der Waals surface area contributed by atoms with Crippen LogP contribution in [-0.4, -0.2) is 38.1 Å². The summed E-state index contributed by atoms with van der Waals surface area (Å²) in [6.45, 7) is 2.46. The van der Waals surface area contributed by atoms with Gasteiger partial charge in [0.25, 0.3) is 11.6 Å². The smallest absolute Gasteiger partial charge is 0.282 e. The molecule has 144 valence electrons. The van der Waals surface area contributed by atoms with Gasteiger partial charge in [-0.15, -0.1) is 0 Å². The Bertz CT molecular complexity index is 825. The quantitative estimate of drug-likeness (QED) is 0.541. The fraction of sp³-hybridized carbons (Fsp3) is 0.316. The number of hydrogen-bond acceptors (Lipinski definition) is 5. The van der Waals surface area contributed by atoms with Gasteiger partial charge >= 0.3 is 0 Å². The SMILES string of the molecule is COc1cccc(C[NH+](C)[C@@H](C)C(=O)Nc2ccc([N+](=O)[O-])cc2OC)c1. The minimum absolute atomic E-state index is 0.0985. The number of anilines is 1. The van der Waals surface area contributed by atoms with Crippen molar-refractivity contribution in [2.75, 3.05) is 26.6 Å². The second-order valence-electron chi connectivity index (χ2n) is 6.23. The van der Waals surface area contributed by atoms with E-state index in [1.54, 1.807) is 7.11 Å². The van der Waals surface area contributed by atoms with Gasteiger partial charge in [0.05, 0.1) is 37.9 Å². The number of quaternary nitrogens is 1. The lowest BCUT2D eigenvalue weighted by molar-refractivity contribution is -0.907. The number of rotatable bonds is 8. The fourth-order valence-electron chi connectivity index (χ4n) is 2.62. The van der Waals surface area contributed by atoms with E-state index in [4.69, 9.17) is 9.47 Å². The number of nitro groups is 1. The van der Waals surface area contributed by atoms with Crippen LogP contribution >= 0.6 is 0 Å². The lowest BCUT2D eigenvalue weighted by Crippen LogP contribution is -3.12. The molecule has 8 nitrogen and oxygen atoms in total. The molecule has 0 aromatic heterocycles. The highest BCUT2D eigenvalue weighted by Gasteiger charge is 2.23. The molecular weight excluding hydrogens is 350 g/mol. The number of carbonyl (C=O) groups is 1. The number of ether oxygens (including phenoxy) is 2. The number of non-ortho nitro benzene ring substituents is 1. The maximum atomic E-state index is 12.6. The maximum Gasteiger partial charge on any atom is 0.282 e. The van der Waals surface area contributed by atoms with Crippen LogP contribution in [-0.2, 0) is 11.3 Å². The second kappa shape index (κ2) is 9.00. The summed E-state index contributed by atoms with van der Waals surface area (Å²) in [5.74, 6) is 0.811. The van der Waals surface area contributed by atoms with Gasteiger partial charge in [0.2, 0.25) is 0 Å². The minimum atomic E-state index is -0.511. The van der Waals surface area contributed by atoms with E-state index in [1.165, 1.54) is 25.3 Å². The van der Waals surface area contributed by atoms with Crippen LogP contribution in [0.3, 0.4) is 0 Å². The molecule has 0 aliphatic rings. The van der Waals surface area contributed by atoms with E-state index >= 15 is 0 Å². The van der Waals surface area contributed by atoms with Crippen molar-refractivity contribution in [1.82, 2.24) is 0 Å². The van der Waals surface area contributed by atoms with E-state index in [1.807, 2.05) is 38.2 Å². The van der Waals surface area contributed by atoms with Gasteiger partial charge in [0.15, 0.2) is 6.04 Å². The molecule has 1 unspecified atom stereocenters. The molecule has 1 amide bonds. The summed E-state index contributed by atoms with van der Waals surface area (Å²) in [7, 11) is 4.94. The highest BCUT2D eigenvalue weighted by Crippen LogP contribution is 2.28. The van der Waals surface area contributed by atoms with Crippen LogP contribution in [0, 0.1) is 10.1 Å². The molecule has 8 heteroatoms. The first-order chi connectivity index (χ1) is 12.8. The van der Waals surface area contributed by atoms with E-state index in [9.17, 15) is 14.9 Å². The van der Waals surface area contributed by atoms with Crippen LogP contribution in [0.5, 0.6) is 11.5 Å². The molecule has 0 aliphatic heterocycles. The molecule has 0 heterocycles. The summed E-state index contributed by atoms with van der Waals surface area (Å²) >= 11 is 0. The van der Waals surface area contributed by atoms with Crippen LogP contribution in [0.4, 0.5) is 11.4 Å². The molecule has 2 N–H and O–H groups in total. The molecule has 0 aliphatic carbocycles. The van der Waals surface area contributed by atoms with Gasteiger partial charge in [0.1, 0.15) is 18.0 Å². The third kappa shape index (κ3) is 5.18. The first kappa shape index (κ1) is 20.2. The largest absolute Gasteiger partial charge is 0.497 e. The molecule has 0 saturated heterocycles. The summed E-state index contributed by atoms with van der Waals surface area (Å²) in [4.78, 5) is 24.0. The van der Waals surface area contributed by atoms with Gasteiger partial charge in [-0.3, -0.25) is 14.9 Å². The van der Waals surface area contributed by atoms with E-state index in [0.717, 1.165) is 16.2 Å². The minimum Gasteiger partial charge on any atom is -0.497 e. The lowest BCUT2D eigenvalue weighted by Gasteiger charge is -2.21. The van der Waals surface area contributed by atoms with Crippen LogP contribution in [0.25, 0.3) is 0 Å². The van der Waals surface area contributed by atoms with Crippen molar-refractivity contribution in [3.8, 4) is 11.5 Å². The third-order valence-electron chi connectivity index (χ3n) is 4.40. The number of amides is 1. The van der Waals surface area contributed by atoms with Crippen LogP contribution in [0.2, 0.25) is 0 Å². The van der Waals surface area contributed by atoms with Crippen molar-refractivity contribution >= 4 is 17.3 Å². The average molecular weight is 374 g/mol. The highest BCUT2D eigenvalue weighted by atomic mass is 16.6. The van der Waals surface area contributed by atoms with Crippen molar-refractivity contribution in [3.63, 3.8) is 0 Å². The van der Waals surface area contributed by atoms with Crippen molar-refractivity contribution in [1.29, 1.82) is 0 Å². The number of hydrogen-bond donors (Lipinski definition) is 2. The summed E-state index contributed by atoms with van der Waals surface area (Å²) < 4.78 is 10.4. The Morgan fingerprint density at radius 3 is 2.59 bits per heavy atom. The zero-order valence-corrected chi connectivity index (χ0v) is 15.8. The highest BCUT2D eigenvalue weighted by molar-refractivity contribution is 5.95. The third-order valence-corrected chi connectivity index (χ3v) is 4.40. The maximum absolute atomic E-state index is 12.6. The predicted octanol–water partition coefficient (Wildman–Crippen LogP) is 1.65. The molecule has 0 fully saturated rings. The Balaban J connectivity index is 2.07. The molecule has 2 rings (SSSR count). The number of methoxy groups -OCH3 is 2. The number of nitrogens with one attached hydrogen (secondary N) is 2. The fourth-order valence-corrected chi connectivity index (χ4v) is 2.62. The number of benzene rings is 2. The zero-order chi connectivity index (χ0) is 20.0. The summed E-state index contributed by atoms with van der Waals surface area (Å²) in [6.07, 6.45) is 0. The Kier molecular flexibility index (Phi) is 6.73. The molecular formula is C19H24N3O5+. The van der Waals surface area contributed by atoms with Crippen molar-refractivity contribution in [3.05, 3.63) is 58.1 Å². The first-order valence-electron chi connectivity index (χ1n) is 8.44. The van der Waals surface area contributed by atoms with Gasteiger partial charge in [-0.25, -0.2) is 0 Å². The number of likely N-dealkylation sites (N-methyl/N-ethyl adjacent to an activating group) is 1. The molecule has 0 bridgehead atoms. The van der Waals surface area contributed by atoms with Gasteiger partial charge in [-0.05, 0) is 25.1 Å². The molecule has 0 radical (unpaired) electrons.